The van der Waals surface area contributed by atoms with Gasteiger partial charge in [0.15, 0.2) is 0 Å². The summed E-state index contributed by atoms with van der Waals surface area (Å²) in [6.07, 6.45) is 2.13. The maximum absolute atomic E-state index is 13.9. The molecule has 6 nitrogen and oxygen atoms in total. The summed E-state index contributed by atoms with van der Waals surface area (Å²) in [6, 6.07) is 16.9. The van der Waals surface area contributed by atoms with E-state index in [-0.39, 0.29) is 18.1 Å². The van der Waals surface area contributed by atoms with E-state index >= 15 is 0 Å². The monoisotopic (exact) mass is 471 g/mol. The van der Waals surface area contributed by atoms with Crippen LogP contribution in [0.5, 0.6) is 0 Å². The van der Waals surface area contributed by atoms with Crippen molar-refractivity contribution in [2.75, 3.05) is 43.4 Å². The SMILES string of the molecule is Cc1ccc2nc(-c3ccc(F)c(C)c3)c(CC(=O)Nc3ccc(N4CCN(C)CC4)cc3)n2c1. The lowest BCUT2D eigenvalue weighted by Crippen LogP contribution is -2.44. The number of likely N-dealkylation sites (N-methyl/N-ethyl adjacent to an activating group) is 1. The van der Waals surface area contributed by atoms with Crippen LogP contribution >= 0.6 is 0 Å². The zero-order valence-corrected chi connectivity index (χ0v) is 20.4. The highest BCUT2D eigenvalue weighted by atomic mass is 19.1. The lowest BCUT2D eigenvalue weighted by molar-refractivity contribution is -0.115. The second-order valence-corrected chi connectivity index (χ2v) is 9.37. The van der Waals surface area contributed by atoms with Crippen molar-refractivity contribution in [2.45, 2.75) is 20.3 Å². The largest absolute Gasteiger partial charge is 0.369 e. The van der Waals surface area contributed by atoms with E-state index in [0.717, 1.165) is 54.3 Å². The van der Waals surface area contributed by atoms with Crippen LogP contribution in [0.2, 0.25) is 0 Å². The fourth-order valence-corrected chi connectivity index (χ4v) is 4.57. The lowest BCUT2D eigenvalue weighted by Gasteiger charge is -2.34. The van der Waals surface area contributed by atoms with Crippen LogP contribution in [0.15, 0.2) is 60.8 Å². The third kappa shape index (κ3) is 4.91. The number of imidazole rings is 1. The van der Waals surface area contributed by atoms with Crippen LogP contribution in [0, 0.1) is 19.7 Å². The molecule has 1 N–H and O–H groups in total. The summed E-state index contributed by atoms with van der Waals surface area (Å²) in [5, 5.41) is 3.03. The van der Waals surface area contributed by atoms with Crippen LogP contribution in [0.4, 0.5) is 15.8 Å². The van der Waals surface area contributed by atoms with Gasteiger partial charge >= 0.3 is 0 Å². The summed E-state index contributed by atoms with van der Waals surface area (Å²) >= 11 is 0. The van der Waals surface area contributed by atoms with E-state index in [4.69, 9.17) is 4.98 Å². The molecule has 180 valence electrons. The third-order valence-electron chi connectivity index (χ3n) is 6.64. The van der Waals surface area contributed by atoms with Crippen molar-refractivity contribution in [3.63, 3.8) is 0 Å². The standard InChI is InChI=1S/C28H30FN5O/c1-19-4-11-26-31-28(21-5-10-24(29)20(2)16-21)25(34(26)18-19)17-27(35)30-22-6-8-23(9-7-22)33-14-12-32(3)13-15-33/h4-11,16,18H,12-15,17H2,1-3H3,(H,30,35). The molecule has 3 heterocycles. The number of piperazine rings is 1. The van der Waals surface area contributed by atoms with E-state index in [1.807, 2.05) is 41.8 Å². The number of carbonyl (C=O) groups is 1. The Balaban J connectivity index is 1.38. The van der Waals surface area contributed by atoms with Gasteiger partial charge in [0.1, 0.15) is 11.5 Å². The maximum atomic E-state index is 13.9. The topological polar surface area (TPSA) is 52.9 Å². The molecule has 1 amide bonds. The Kier molecular flexibility index (Phi) is 6.26. The number of hydrogen-bond acceptors (Lipinski definition) is 4. The number of pyridine rings is 1. The highest BCUT2D eigenvalue weighted by Gasteiger charge is 2.19. The highest BCUT2D eigenvalue weighted by Crippen LogP contribution is 2.27. The quantitative estimate of drug-likeness (QED) is 0.459. The number of benzene rings is 2. The molecular weight excluding hydrogens is 441 g/mol. The van der Waals surface area contributed by atoms with Crippen molar-refractivity contribution in [3.8, 4) is 11.3 Å². The molecule has 0 saturated carbocycles. The predicted molar refractivity (Wildman–Crippen MR) is 139 cm³/mol. The number of rotatable bonds is 5. The zero-order chi connectivity index (χ0) is 24.5. The molecule has 2 aromatic carbocycles. The molecule has 4 aromatic rings. The van der Waals surface area contributed by atoms with Gasteiger partial charge in [0, 0.05) is 49.3 Å². The molecule has 0 unspecified atom stereocenters. The van der Waals surface area contributed by atoms with Gasteiger partial charge < -0.3 is 19.5 Å². The number of nitrogens with zero attached hydrogens (tertiary/aromatic N) is 4. The van der Waals surface area contributed by atoms with E-state index in [2.05, 4.69) is 34.3 Å². The van der Waals surface area contributed by atoms with Crippen molar-refractivity contribution in [3.05, 3.63) is 83.4 Å². The number of aryl methyl sites for hydroxylation is 2. The van der Waals surface area contributed by atoms with Gasteiger partial charge in [-0.15, -0.1) is 0 Å². The number of nitrogens with one attached hydrogen (secondary N) is 1. The molecule has 0 spiro atoms. The van der Waals surface area contributed by atoms with Crippen molar-refractivity contribution in [1.82, 2.24) is 14.3 Å². The van der Waals surface area contributed by atoms with Crippen LogP contribution in [-0.2, 0) is 11.2 Å². The van der Waals surface area contributed by atoms with E-state index in [1.54, 1.807) is 19.1 Å². The van der Waals surface area contributed by atoms with Gasteiger partial charge in [0.2, 0.25) is 5.91 Å². The minimum Gasteiger partial charge on any atom is -0.369 e. The molecular formula is C28H30FN5O. The van der Waals surface area contributed by atoms with Gasteiger partial charge in [-0.25, -0.2) is 9.37 Å². The summed E-state index contributed by atoms with van der Waals surface area (Å²) < 4.78 is 15.9. The van der Waals surface area contributed by atoms with Crippen LogP contribution in [0.1, 0.15) is 16.8 Å². The van der Waals surface area contributed by atoms with Crippen molar-refractivity contribution >= 4 is 22.9 Å². The normalized spacial score (nSPS) is 14.5. The molecule has 0 radical (unpaired) electrons. The minimum absolute atomic E-state index is 0.124. The smallest absolute Gasteiger partial charge is 0.230 e. The molecule has 1 aliphatic heterocycles. The number of fused-ring (bicyclic) bond motifs is 1. The summed E-state index contributed by atoms with van der Waals surface area (Å²) in [5.74, 6) is -0.381. The average Bonchev–Trinajstić information content (AvgIpc) is 3.19. The van der Waals surface area contributed by atoms with E-state index in [0.29, 0.717) is 11.3 Å². The fourth-order valence-electron chi connectivity index (χ4n) is 4.57. The lowest BCUT2D eigenvalue weighted by atomic mass is 10.1. The Bertz CT molecular complexity index is 1370. The van der Waals surface area contributed by atoms with Crippen molar-refractivity contribution in [1.29, 1.82) is 0 Å². The van der Waals surface area contributed by atoms with Crippen molar-refractivity contribution in [2.24, 2.45) is 0 Å². The molecule has 1 aliphatic rings. The second-order valence-electron chi connectivity index (χ2n) is 9.37. The summed E-state index contributed by atoms with van der Waals surface area (Å²) in [4.78, 5) is 22.6. The van der Waals surface area contributed by atoms with Crippen LogP contribution in [0.3, 0.4) is 0 Å². The number of aromatic nitrogens is 2. The molecule has 0 aliphatic carbocycles. The van der Waals surface area contributed by atoms with Crippen LogP contribution < -0.4 is 10.2 Å². The summed E-state index contributed by atoms with van der Waals surface area (Å²) in [5.41, 5.74) is 6.57. The summed E-state index contributed by atoms with van der Waals surface area (Å²) in [7, 11) is 2.14. The number of hydrogen-bond donors (Lipinski definition) is 1. The first-order chi connectivity index (χ1) is 16.9. The van der Waals surface area contributed by atoms with Gasteiger partial charge in [-0.05, 0) is 80.6 Å². The molecule has 1 fully saturated rings. The van der Waals surface area contributed by atoms with Gasteiger partial charge in [0.05, 0.1) is 17.8 Å². The Morgan fingerprint density at radius 2 is 1.74 bits per heavy atom. The molecule has 0 bridgehead atoms. The first kappa shape index (κ1) is 23.1. The Morgan fingerprint density at radius 3 is 2.46 bits per heavy atom. The minimum atomic E-state index is -0.257. The van der Waals surface area contributed by atoms with Crippen LogP contribution in [0.25, 0.3) is 16.9 Å². The Morgan fingerprint density at radius 1 is 1.00 bits per heavy atom. The molecule has 7 heteroatoms. The van der Waals surface area contributed by atoms with E-state index in [1.165, 1.54) is 11.8 Å². The van der Waals surface area contributed by atoms with Gasteiger partial charge in [-0.2, -0.15) is 0 Å². The average molecular weight is 472 g/mol. The third-order valence-corrected chi connectivity index (χ3v) is 6.64. The number of amides is 1. The van der Waals surface area contributed by atoms with Gasteiger partial charge in [-0.3, -0.25) is 4.79 Å². The number of anilines is 2. The van der Waals surface area contributed by atoms with Gasteiger partial charge in [0.25, 0.3) is 0 Å². The summed E-state index contributed by atoms with van der Waals surface area (Å²) in [6.45, 7) is 7.84. The fraction of sp³-hybridized carbons (Fsp3) is 0.286. The molecule has 0 atom stereocenters. The molecule has 1 saturated heterocycles. The highest BCUT2D eigenvalue weighted by molar-refractivity contribution is 5.93. The molecule has 2 aromatic heterocycles. The van der Waals surface area contributed by atoms with E-state index in [9.17, 15) is 9.18 Å². The Labute approximate surface area is 205 Å². The maximum Gasteiger partial charge on any atom is 0.230 e. The first-order valence-electron chi connectivity index (χ1n) is 11.9. The number of carbonyl (C=O) groups excluding carboxylic acids is 1. The van der Waals surface area contributed by atoms with Crippen LogP contribution in [-0.4, -0.2) is 53.4 Å². The van der Waals surface area contributed by atoms with Crippen molar-refractivity contribution < 1.29 is 9.18 Å². The number of halogens is 1. The molecule has 35 heavy (non-hydrogen) atoms. The Hall–Kier alpha value is -3.71. The van der Waals surface area contributed by atoms with E-state index < -0.39 is 0 Å². The van der Waals surface area contributed by atoms with Gasteiger partial charge in [-0.1, -0.05) is 6.07 Å². The predicted octanol–water partition coefficient (Wildman–Crippen LogP) is 4.69. The first-order valence-corrected chi connectivity index (χ1v) is 11.9. The zero-order valence-electron chi connectivity index (χ0n) is 20.4. The molecule has 5 rings (SSSR count). The second kappa shape index (κ2) is 9.50.